The van der Waals surface area contributed by atoms with Crippen LogP contribution in [-0.2, 0) is 0 Å². The summed E-state index contributed by atoms with van der Waals surface area (Å²) in [6.07, 6.45) is 0. The van der Waals surface area contributed by atoms with Gasteiger partial charge in [-0.2, -0.15) is 0 Å². The summed E-state index contributed by atoms with van der Waals surface area (Å²) in [6, 6.07) is 17.2. The van der Waals surface area contributed by atoms with Crippen molar-refractivity contribution < 1.29 is 24.3 Å². The number of carbonyl (C=O) groups is 1. The summed E-state index contributed by atoms with van der Waals surface area (Å²) in [4.78, 5) is 10.4. The number of nitrogens with zero attached hydrogens (tertiary/aromatic N) is 1. The van der Waals surface area contributed by atoms with E-state index in [2.05, 4.69) is 5.16 Å². The molecule has 23 heavy (non-hydrogen) atoms. The topological polar surface area (TPSA) is 92.3 Å². The van der Waals surface area contributed by atoms with Gasteiger partial charge in [-0.3, -0.25) is 0 Å². The van der Waals surface area contributed by atoms with Gasteiger partial charge in [0.15, 0.2) is 0 Å². The molecule has 0 bridgehead atoms. The van der Waals surface area contributed by atoms with Crippen LogP contribution in [0.1, 0.15) is 10.4 Å². The Morgan fingerprint density at radius 1 is 1.04 bits per heavy atom. The Kier molecular flexibility index (Phi) is 5.35. The predicted molar refractivity (Wildman–Crippen MR) is 83.5 cm³/mol. The number of hydrogen-bond donors (Lipinski definition) is 2. The number of fused-ring (bicyclic) bond motifs is 1. The van der Waals surface area contributed by atoms with Crippen molar-refractivity contribution in [3.8, 4) is 5.75 Å². The maximum absolute atomic E-state index is 10.4. The maximum atomic E-state index is 10.4. The van der Waals surface area contributed by atoms with Crippen LogP contribution in [0.25, 0.3) is 11.0 Å². The van der Waals surface area contributed by atoms with Crippen molar-refractivity contribution in [2.75, 3.05) is 7.11 Å². The molecule has 0 aliphatic carbocycles. The lowest BCUT2D eigenvalue weighted by Gasteiger charge is -1.98. The molecule has 118 valence electrons. The summed E-state index contributed by atoms with van der Waals surface area (Å²) in [5.41, 5.74) is 1.20. The molecule has 0 radical (unpaired) electrons. The second kappa shape index (κ2) is 7.65. The predicted octanol–water partition coefficient (Wildman–Crippen LogP) is 3.12. The number of benzene rings is 2. The van der Waals surface area contributed by atoms with Gasteiger partial charge >= 0.3 is 5.97 Å². The Balaban J connectivity index is 0.000000168. The summed E-state index contributed by atoms with van der Waals surface area (Å²) < 4.78 is 10.1. The van der Waals surface area contributed by atoms with E-state index in [4.69, 9.17) is 19.5 Å². The van der Waals surface area contributed by atoms with Gasteiger partial charge in [0.1, 0.15) is 11.3 Å². The first kappa shape index (κ1) is 16.1. The molecule has 0 unspecified atom stereocenters. The number of carboxylic acids is 1. The third-order valence-corrected chi connectivity index (χ3v) is 2.97. The Morgan fingerprint density at radius 2 is 1.74 bits per heavy atom. The van der Waals surface area contributed by atoms with Crippen LogP contribution < -0.4 is 10.3 Å². The van der Waals surface area contributed by atoms with E-state index in [-0.39, 0.29) is 11.1 Å². The van der Waals surface area contributed by atoms with Crippen molar-refractivity contribution in [2.45, 2.75) is 0 Å². The molecule has 1 heterocycles. The number of rotatable bonds is 2. The fourth-order valence-corrected chi connectivity index (χ4v) is 1.81. The van der Waals surface area contributed by atoms with Crippen LogP contribution in [0.5, 0.6) is 5.75 Å². The van der Waals surface area contributed by atoms with Crippen molar-refractivity contribution in [3.05, 3.63) is 71.8 Å². The zero-order chi connectivity index (χ0) is 16.7. The minimum Gasteiger partial charge on any atom is -0.497 e. The lowest BCUT2D eigenvalue weighted by molar-refractivity contribution is 0.0697. The number of ether oxygens (including phenoxy) is 1. The van der Waals surface area contributed by atoms with Crippen molar-refractivity contribution in [1.29, 1.82) is 0 Å². The molecule has 0 fully saturated rings. The van der Waals surface area contributed by atoms with Crippen LogP contribution in [-0.4, -0.2) is 23.4 Å². The monoisotopic (exact) mass is 313 g/mol. The number of aromatic carboxylic acids is 1. The highest BCUT2D eigenvalue weighted by molar-refractivity contribution is 5.87. The smallest absolute Gasteiger partial charge is 0.335 e. The Labute approximate surface area is 131 Å². The SMILES string of the molecule is COc1ccc(C(=O)O)cc1.ON=c1ccc2ccccc2o1. The van der Waals surface area contributed by atoms with Crippen LogP contribution in [0.15, 0.2) is 70.2 Å². The van der Waals surface area contributed by atoms with E-state index < -0.39 is 5.97 Å². The average molecular weight is 313 g/mol. The number of para-hydroxylation sites is 1. The van der Waals surface area contributed by atoms with Gasteiger partial charge in [0.05, 0.1) is 12.7 Å². The molecule has 0 spiro atoms. The van der Waals surface area contributed by atoms with Gasteiger partial charge in [-0.1, -0.05) is 18.2 Å². The average Bonchev–Trinajstić information content (AvgIpc) is 2.61. The van der Waals surface area contributed by atoms with Gasteiger partial charge < -0.3 is 19.5 Å². The lowest BCUT2D eigenvalue weighted by atomic mass is 10.2. The van der Waals surface area contributed by atoms with E-state index in [1.54, 1.807) is 18.2 Å². The van der Waals surface area contributed by atoms with Gasteiger partial charge in [-0.15, -0.1) is 0 Å². The van der Waals surface area contributed by atoms with Crippen molar-refractivity contribution in [1.82, 2.24) is 0 Å². The van der Waals surface area contributed by atoms with Gasteiger partial charge in [-0.25, -0.2) is 4.79 Å². The van der Waals surface area contributed by atoms with Gasteiger partial charge in [0, 0.05) is 11.5 Å². The van der Waals surface area contributed by atoms with Crippen LogP contribution >= 0.6 is 0 Å². The van der Waals surface area contributed by atoms with E-state index in [1.807, 2.05) is 30.3 Å². The molecule has 0 saturated heterocycles. The first-order valence-electron chi connectivity index (χ1n) is 6.68. The molecular formula is C17H15NO5. The highest BCUT2D eigenvalue weighted by Gasteiger charge is 2.00. The number of methoxy groups -OCH3 is 1. The normalized spacial score (nSPS) is 10.7. The Bertz CT molecular complexity index is 852. The van der Waals surface area contributed by atoms with Crippen molar-refractivity contribution in [2.24, 2.45) is 5.16 Å². The summed E-state index contributed by atoms with van der Waals surface area (Å²) in [5.74, 6) is -0.261. The first-order chi connectivity index (χ1) is 11.1. The van der Waals surface area contributed by atoms with Crippen LogP contribution in [0, 0.1) is 0 Å². The molecule has 6 heteroatoms. The standard InChI is InChI=1S/C9H7NO2.C8H8O3/c11-10-9-6-5-7-3-1-2-4-8(7)12-9;1-11-7-4-2-6(3-5-7)8(9)10/h1-6,11H;2-5H,1H3,(H,9,10). The van der Waals surface area contributed by atoms with Gasteiger partial charge in [-0.05, 0) is 41.6 Å². The lowest BCUT2D eigenvalue weighted by Crippen LogP contribution is -1.97. The fourth-order valence-electron chi connectivity index (χ4n) is 1.81. The third kappa shape index (κ3) is 4.34. The number of hydrogen-bond acceptors (Lipinski definition) is 5. The summed E-state index contributed by atoms with van der Waals surface area (Å²) in [5, 5.41) is 20.9. The summed E-state index contributed by atoms with van der Waals surface area (Å²) >= 11 is 0. The first-order valence-corrected chi connectivity index (χ1v) is 6.68. The molecule has 3 aromatic rings. The van der Waals surface area contributed by atoms with E-state index in [9.17, 15) is 4.79 Å². The molecule has 0 saturated carbocycles. The second-order valence-electron chi connectivity index (χ2n) is 4.45. The van der Waals surface area contributed by atoms with E-state index in [1.165, 1.54) is 19.2 Å². The third-order valence-electron chi connectivity index (χ3n) is 2.97. The van der Waals surface area contributed by atoms with E-state index >= 15 is 0 Å². The maximum Gasteiger partial charge on any atom is 0.335 e. The minimum atomic E-state index is -0.923. The molecule has 0 amide bonds. The molecule has 0 aliphatic heterocycles. The molecule has 2 aromatic carbocycles. The molecule has 0 aliphatic rings. The van der Waals surface area contributed by atoms with Crippen molar-refractivity contribution in [3.63, 3.8) is 0 Å². The van der Waals surface area contributed by atoms with Crippen LogP contribution in [0.4, 0.5) is 0 Å². The van der Waals surface area contributed by atoms with E-state index in [0.29, 0.717) is 11.3 Å². The van der Waals surface area contributed by atoms with E-state index in [0.717, 1.165) is 5.39 Å². The molecule has 3 rings (SSSR count). The fraction of sp³-hybridized carbons (Fsp3) is 0.0588. The van der Waals surface area contributed by atoms with Crippen LogP contribution in [0.3, 0.4) is 0 Å². The Hall–Kier alpha value is -3.28. The van der Waals surface area contributed by atoms with Crippen LogP contribution in [0.2, 0.25) is 0 Å². The molecule has 1 aromatic heterocycles. The highest BCUT2D eigenvalue weighted by atomic mass is 16.5. The van der Waals surface area contributed by atoms with Gasteiger partial charge in [0.25, 0.3) is 5.55 Å². The second-order valence-corrected chi connectivity index (χ2v) is 4.45. The molecule has 2 N–H and O–H groups in total. The van der Waals surface area contributed by atoms with Crippen molar-refractivity contribution >= 4 is 16.9 Å². The summed E-state index contributed by atoms with van der Waals surface area (Å²) in [7, 11) is 1.54. The zero-order valence-electron chi connectivity index (χ0n) is 12.3. The molecule has 6 nitrogen and oxygen atoms in total. The molecule has 0 atom stereocenters. The van der Waals surface area contributed by atoms with Gasteiger partial charge in [0.2, 0.25) is 0 Å². The molecular weight excluding hydrogens is 298 g/mol. The highest BCUT2D eigenvalue weighted by Crippen LogP contribution is 2.10. The number of carboxylic acid groups (broad SMARTS) is 1. The Morgan fingerprint density at radius 3 is 2.35 bits per heavy atom. The summed E-state index contributed by atoms with van der Waals surface area (Å²) in [6.45, 7) is 0. The minimum absolute atomic E-state index is 0.216. The quantitative estimate of drug-likeness (QED) is 0.560. The largest absolute Gasteiger partial charge is 0.497 e. The zero-order valence-corrected chi connectivity index (χ0v) is 12.3.